The molecule has 138 valence electrons. The zero-order chi connectivity index (χ0) is 18.1. The molecule has 4 fully saturated rings. The smallest absolute Gasteiger partial charge is 0.261 e. The summed E-state index contributed by atoms with van der Waals surface area (Å²) in [5.74, 6) is 1.46. The van der Waals surface area contributed by atoms with Crippen molar-refractivity contribution >= 4 is 27.3 Å². The highest BCUT2D eigenvalue weighted by Crippen LogP contribution is 2.47. The number of nitrogens with zero attached hydrogens (tertiary/aromatic N) is 1. The van der Waals surface area contributed by atoms with Crippen molar-refractivity contribution < 1.29 is 4.79 Å². The Labute approximate surface area is 159 Å². The van der Waals surface area contributed by atoms with Crippen LogP contribution in [0.4, 0.5) is 0 Å². The number of carbonyl (C=O) groups excluding carboxylic acids is 1. The molecule has 0 spiro atoms. The predicted octanol–water partition coefficient (Wildman–Crippen LogP) is 4.69. The predicted molar refractivity (Wildman–Crippen MR) is 108 cm³/mol. The number of nitrogens with one attached hydrogen (secondary N) is 1. The van der Waals surface area contributed by atoms with Gasteiger partial charge < -0.3 is 5.32 Å². The minimum Gasteiger partial charge on any atom is -0.346 e. The van der Waals surface area contributed by atoms with Gasteiger partial charge in [0, 0.05) is 16.3 Å². The summed E-state index contributed by atoms with van der Waals surface area (Å²) in [5, 5.41) is 4.66. The normalized spacial score (nSPS) is 29.9. The first-order valence-corrected chi connectivity index (χ1v) is 10.9. The van der Waals surface area contributed by atoms with Crippen LogP contribution in [-0.2, 0) is 0 Å². The standard InChI is InChI=1S/C22H28N2OS/c1-13-4-5-16-12-17(26-19(16)18(13)14-6-7-14)21(25)23-20-15-8-10-24(11-9-15)22(20,2)3/h4-5,12,14-15,20H,6-11H2,1-3H3,(H,23,25)/t20-/m1/s1. The van der Waals surface area contributed by atoms with Gasteiger partial charge in [-0.1, -0.05) is 12.1 Å². The van der Waals surface area contributed by atoms with E-state index in [1.165, 1.54) is 60.0 Å². The van der Waals surface area contributed by atoms with E-state index in [0.717, 1.165) is 4.88 Å². The van der Waals surface area contributed by atoms with Crippen LogP contribution in [0.25, 0.3) is 10.1 Å². The lowest BCUT2D eigenvalue weighted by Crippen LogP contribution is -2.69. The molecule has 1 aliphatic carbocycles. The highest BCUT2D eigenvalue weighted by molar-refractivity contribution is 7.21. The summed E-state index contributed by atoms with van der Waals surface area (Å²) in [7, 11) is 0. The largest absolute Gasteiger partial charge is 0.346 e. The highest BCUT2D eigenvalue weighted by Gasteiger charge is 2.48. The number of piperidine rings is 3. The fraction of sp³-hybridized carbons (Fsp3) is 0.591. The van der Waals surface area contributed by atoms with Crippen LogP contribution in [0.3, 0.4) is 0 Å². The molecular weight excluding hydrogens is 340 g/mol. The van der Waals surface area contributed by atoms with E-state index < -0.39 is 0 Å². The molecule has 0 radical (unpaired) electrons. The molecule has 6 rings (SSSR count). The summed E-state index contributed by atoms with van der Waals surface area (Å²) in [6.07, 6.45) is 5.03. The molecule has 26 heavy (non-hydrogen) atoms. The Bertz CT molecular complexity index is 872. The lowest BCUT2D eigenvalue weighted by Gasteiger charge is -2.56. The molecule has 1 N–H and O–H groups in total. The number of amides is 1. The molecule has 3 aliphatic heterocycles. The van der Waals surface area contributed by atoms with E-state index in [1.807, 2.05) is 0 Å². The first-order chi connectivity index (χ1) is 12.4. The number of aryl methyl sites for hydroxylation is 1. The molecular formula is C22H28N2OS. The van der Waals surface area contributed by atoms with Crippen LogP contribution in [0.5, 0.6) is 0 Å². The minimum atomic E-state index is 0.0588. The van der Waals surface area contributed by atoms with Crippen molar-refractivity contribution in [1.82, 2.24) is 10.2 Å². The molecule has 4 heterocycles. The molecule has 2 bridgehead atoms. The Morgan fingerprint density at radius 1 is 1.19 bits per heavy atom. The summed E-state index contributed by atoms with van der Waals surface area (Å²) in [6.45, 7) is 9.15. The number of thiophene rings is 1. The third-order valence-corrected chi connectivity index (χ3v) is 8.21. The molecule has 1 aromatic heterocycles. The number of hydrogen-bond donors (Lipinski definition) is 1. The van der Waals surface area contributed by atoms with E-state index in [2.05, 4.69) is 49.2 Å². The Morgan fingerprint density at radius 3 is 2.58 bits per heavy atom. The van der Waals surface area contributed by atoms with Crippen LogP contribution in [0, 0.1) is 12.8 Å². The molecule has 4 aliphatic rings. The van der Waals surface area contributed by atoms with Gasteiger partial charge in [0.15, 0.2) is 0 Å². The number of benzene rings is 1. The Kier molecular flexibility index (Phi) is 3.74. The molecule has 1 aromatic carbocycles. The van der Waals surface area contributed by atoms with Crippen molar-refractivity contribution in [1.29, 1.82) is 0 Å². The van der Waals surface area contributed by atoms with Gasteiger partial charge in [0.25, 0.3) is 5.91 Å². The van der Waals surface area contributed by atoms with Gasteiger partial charge in [0.05, 0.1) is 4.88 Å². The van der Waals surface area contributed by atoms with Crippen molar-refractivity contribution in [3.63, 3.8) is 0 Å². The highest BCUT2D eigenvalue weighted by atomic mass is 32.1. The molecule has 3 saturated heterocycles. The summed E-state index contributed by atoms with van der Waals surface area (Å²) in [4.78, 5) is 16.5. The second kappa shape index (κ2) is 5.80. The minimum absolute atomic E-state index is 0.0588. The van der Waals surface area contributed by atoms with Crippen LogP contribution in [-0.4, -0.2) is 35.5 Å². The average Bonchev–Trinajstić information content (AvgIpc) is 3.35. The molecule has 4 heteroatoms. The Hall–Kier alpha value is -1.39. The van der Waals surface area contributed by atoms with Gasteiger partial charge in [-0.15, -0.1) is 11.3 Å². The maximum atomic E-state index is 13.1. The topological polar surface area (TPSA) is 32.3 Å². The van der Waals surface area contributed by atoms with Crippen LogP contribution in [0.15, 0.2) is 18.2 Å². The number of carbonyl (C=O) groups is 1. The monoisotopic (exact) mass is 368 g/mol. The van der Waals surface area contributed by atoms with Crippen molar-refractivity contribution in [2.24, 2.45) is 5.92 Å². The molecule has 1 saturated carbocycles. The first-order valence-electron chi connectivity index (χ1n) is 10.0. The first kappa shape index (κ1) is 16.8. The van der Waals surface area contributed by atoms with Gasteiger partial charge in [-0.3, -0.25) is 9.69 Å². The number of hydrogen-bond acceptors (Lipinski definition) is 3. The van der Waals surface area contributed by atoms with Gasteiger partial charge in [-0.25, -0.2) is 0 Å². The molecule has 2 aromatic rings. The van der Waals surface area contributed by atoms with E-state index in [1.54, 1.807) is 11.3 Å². The third kappa shape index (κ3) is 2.53. The van der Waals surface area contributed by atoms with E-state index in [-0.39, 0.29) is 17.5 Å². The number of fused-ring (bicyclic) bond motifs is 4. The van der Waals surface area contributed by atoms with E-state index in [4.69, 9.17) is 0 Å². The zero-order valence-electron chi connectivity index (χ0n) is 16.0. The van der Waals surface area contributed by atoms with Gasteiger partial charge >= 0.3 is 0 Å². The Balaban J connectivity index is 1.45. The fourth-order valence-corrected chi connectivity index (χ4v) is 6.54. The number of rotatable bonds is 3. The fourth-order valence-electron chi connectivity index (χ4n) is 5.30. The van der Waals surface area contributed by atoms with E-state index >= 15 is 0 Å². The van der Waals surface area contributed by atoms with Crippen molar-refractivity contribution in [3.8, 4) is 0 Å². The summed E-state index contributed by atoms with van der Waals surface area (Å²) >= 11 is 1.70. The molecule has 1 amide bonds. The van der Waals surface area contributed by atoms with Crippen LogP contribution in [0.2, 0.25) is 0 Å². The van der Waals surface area contributed by atoms with Gasteiger partial charge in [-0.2, -0.15) is 0 Å². The second-order valence-electron chi connectivity index (χ2n) is 9.03. The van der Waals surface area contributed by atoms with Crippen molar-refractivity contribution in [2.45, 2.75) is 64.0 Å². The third-order valence-electron chi connectivity index (χ3n) is 7.03. The molecule has 1 atom stereocenters. The SMILES string of the molecule is Cc1ccc2cc(C(=O)N[C@@H]3C4CCN(CC4)C3(C)C)sc2c1C1CC1. The maximum Gasteiger partial charge on any atom is 0.261 e. The summed E-state index contributed by atoms with van der Waals surface area (Å²) < 4.78 is 1.34. The molecule has 3 nitrogen and oxygen atoms in total. The average molecular weight is 369 g/mol. The van der Waals surface area contributed by atoms with Crippen molar-refractivity contribution in [2.75, 3.05) is 13.1 Å². The lowest BCUT2D eigenvalue weighted by atomic mass is 9.72. The van der Waals surface area contributed by atoms with E-state index in [9.17, 15) is 4.79 Å². The quantitative estimate of drug-likeness (QED) is 0.852. The van der Waals surface area contributed by atoms with Crippen molar-refractivity contribution in [3.05, 3.63) is 34.2 Å². The zero-order valence-corrected chi connectivity index (χ0v) is 16.8. The van der Waals surface area contributed by atoms with Gasteiger partial charge in [-0.05, 0) is 94.0 Å². The van der Waals surface area contributed by atoms with E-state index in [0.29, 0.717) is 11.8 Å². The van der Waals surface area contributed by atoms with Crippen LogP contribution < -0.4 is 5.32 Å². The lowest BCUT2D eigenvalue weighted by molar-refractivity contribution is -0.0377. The summed E-state index contributed by atoms with van der Waals surface area (Å²) in [5.41, 5.74) is 2.94. The van der Waals surface area contributed by atoms with Crippen LogP contribution >= 0.6 is 11.3 Å². The molecule has 0 unspecified atom stereocenters. The summed E-state index contributed by atoms with van der Waals surface area (Å²) in [6, 6.07) is 6.77. The Morgan fingerprint density at radius 2 is 1.92 bits per heavy atom. The maximum absolute atomic E-state index is 13.1. The van der Waals surface area contributed by atoms with Crippen LogP contribution in [0.1, 0.15) is 66.2 Å². The van der Waals surface area contributed by atoms with Gasteiger partial charge in [0.2, 0.25) is 0 Å². The van der Waals surface area contributed by atoms with Gasteiger partial charge in [0.1, 0.15) is 0 Å². The second-order valence-corrected chi connectivity index (χ2v) is 10.1.